The molecule has 1 atom stereocenters. The highest BCUT2D eigenvalue weighted by atomic mass is 15.2. The van der Waals surface area contributed by atoms with Crippen molar-refractivity contribution in [3.63, 3.8) is 0 Å². The SMILES string of the molecule is CCCNC(C#N)(CN(CC)CC1CCC1)C1CC1. The molecule has 1 unspecified atom stereocenters. The van der Waals surface area contributed by atoms with E-state index in [1.165, 1.54) is 38.6 Å². The van der Waals surface area contributed by atoms with Crippen molar-refractivity contribution in [3.8, 4) is 6.07 Å². The summed E-state index contributed by atoms with van der Waals surface area (Å²) in [5.74, 6) is 1.47. The van der Waals surface area contributed by atoms with Crippen LogP contribution in [0.2, 0.25) is 0 Å². The summed E-state index contributed by atoms with van der Waals surface area (Å²) in [5.41, 5.74) is -0.282. The maximum atomic E-state index is 9.72. The standard InChI is InChI=1S/C16H29N3/c1-3-10-18-16(12-17,15-8-9-15)13-19(4-2)11-14-6-5-7-14/h14-15,18H,3-11,13H2,1-2H3. The first-order valence-corrected chi connectivity index (χ1v) is 8.12. The molecular weight excluding hydrogens is 234 g/mol. The third-order valence-corrected chi connectivity index (χ3v) is 4.83. The van der Waals surface area contributed by atoms with E-state index in [1.807, 2.05) is 0 Å². The minimum absolute atomic E-state index is 0.282. The minimum Gasteiger partial charge on any atom is -0.300 e. The van der Waals surface area contributed by atoms with Gasteiger partial charge in [-0.05, 0) is 57.0 Å². The van der Waals surface area contributed by atoms with E-state index in [0.29, 0.717) is 5.92 Å². The van der Waals surface area contributed by atoms with Crippen molar-refractivity contribution in [2.45, 2.75) is 57.9 Å². The van der Waals surface area contributed by atoms with E-state index in [1.54, 1.807) is 0 Å². The Bertz CT molecular complexity index is 314. The van der Waals surface area contributed by atoms with Gasteiger partial charge in [0, 0.05) is 13.1 Å². The fourth-order valence-corrected chi connectivity index (χ4v) is 3.12. The molecule has 2 aliphatic rings. The van der Waals surface area contributed by atoms with Gasteiger partial charge in [-0.15, -0.1) is 0 Å². The second-order valence-electron chi connectivity index (χ2n) is 6.41. The molecule has 108 valence electrons. The molecule has 0 heterocycles. The lowest BCUT2D eigenvalue weighted by molar-refractivity contribution is 0.146. The van der Waals surface area contributed by atoms with Crippen LogP contribution in [-0.2, 0) is 0 Å². The van der Waals surface area contributed by atoms with Crippen molar-refractivity contribution in [3.05, 3.63) is 0 Å². The largest absolute Gasteiger partial charge is 0.300 e. The van der Waals surface area contributed by atoms with Gasteiger partial charge in [-0.25, -0.2) is 0 Å². The molecule has 0 saturated heterocycles. The Morgan fingerprint density at radius 2 is 2.00 bits per heavy atom. The molecule has 0 spiro atoms. The average molecular weight is 263 g/mol. The summed E-state index contributed by atoms with van der Waals surface area (Å²) in [6.07, 6.45) is 7.74. The molecule has 0 aromatic carbocycles. The molecule has 2 saturated carbocycles. The van der Waals surface area contributed by atoms with Gasteiger partial charge >= 0.3 is 0 Å². The Morgan fingerprint density at radius 1 is 1.26 bits per heavy atom. The van der Waals surface area contributed by atoms with Gasteiger partial charge in [-0.3, -0.25) is 5.32 Å². The molecule has 0 aromatic heterocycles. The van der Waals surface area contributed by atoms with E-state index in [0.717, 1.165) is 32.0 Å². The molecule has 3 nitrogen and oxygen atoms in total. The number of hydrogen-bond acceptors (Lipinski definition) is 3. The third-order valence-electron chi connectivity index (χ3n) is 4.83. The summed E-state index contributed by atoms with van der Waals surface area (Å²) in [7, 11) is 0. The lowest BCUT2D eigenvalue weighted by Gasteiger charge is -2.37. The van der Waals surface area contributed by atoms with Crippen LogP contribution in [0.15, 0.2) is 0 Å². The molecular formula is C16H29N3. The Labute approximate surface area is 118 Å². The summed E-state index contributed by atoms with van der Waals surface area (Å²) in [5, 5.41) is 13.3. The van der Waals surface area contributed by atoms with Crippen molar-refractivity contribution < 1.29 is 0 Å². The lowest BCUT2D eigenvalue weighted by atomic mass is 9.84. The van der Waals surface area contributed by atoms with Gasteiger partial charge < -0.3 is 4.90 Å². The molecule has 0 aliphatic heterocycles. The van der Waals surface area contributed by atoms with E-state index in [2.05, 4.69) is 30.1 Å². The van der Waals surface area contributed by atoms with Crippen LogP contribution in [0, 0.1) is 23.2 Å². The zero-order chi connectivity index (χ0) is 13.7. The summed E-state index contributed by atoms with van der Waals surface area (Å²) in [4.78, 5) is 2.51. The van der Waals surface area contributed by atoms with Gasteiger partial charge in [0.25, 0.3) is 0 Å². The van der Waals surface area contributed by atoms with Crippen LogP contribution in [0.3, 0.4) is 0 Å². The van der Waals surface area contributed by atoms with Crippen molar-refractivity contribution in [1.82, 2.24) is 10.2 Å². The summed E-state index contributed by atoms with van der Waals surface area (Å²) in [6.45, 7) is 8.55. The summed E-state index contributed by atoms with van der Waals surface area (Å²) >= 11 is 0. The van der Waals surface area contributed by atoms with Crippen LogP contribution in [0.1, 0.15) is 52.4 Å². The molecule has 3 heteroatoms. The summed E-state index contributed by atoms with van der Waals surface area (Å²) in [6, 6.07) is 2.63. The molecule has 0 radical (unpaired) electrons. The van der Waals surface area contributed by atoms with Crippen molar-refractivity contribution in [2.24, 2.45) is 11.8 Å². The van der Waals surface area contributed by atoms with Crippen LogP contribution in [0.5, 0.6) is 0 Å². The second kappa shape index (κ2) is 6.72. The van der Waals surface area contributed by atoms with Gasteiger partial charge in [0.15, 0.2) is 0 Å². The van der Waals surface area contributed by atoms with E-state index in [4.69, 9.17) is 0 Å². The normalized spacial score (nSPS) is 22.8. The highest BCUT2D eigenvalue weighted by molar-refractivity contribution is 5.16. The molecule has 0 amide bonds. The molecule has 2 rings (SSSR count). The number of nitrogens with one attached hydrogen (secondary N) is 1. The molecule has 1 N–H and O–H groups in total. The highest BCUT2D eigenvalue weighted by Crippen LogP contribution is 2.40. The number of nitrogens with zero attached hydrogens (tertiary/aromatic N) is 2. The predicted octanol–water partition coefficient (Wildman–Crippen LogP) is 2.78. The van der Waals surface area contributed by atoms with Gasteiger partial charge in [0.2, 0.25) is 0 Å². The van der Waals surface area contributed by atoms with E-state index >= 15 is 0 Å². The monoisotopic (exact) mass is 263 g/mol. The number of hydrogen-bond donors (Lipinski definition) is 1. The maximum absolute atomic E-state index is 9.72. The van der Waals surface area contributed by atoms with Crippen molar-refractivity contribution in [2.75, 3.05) is 26.2 Å². The fraction of sp³-hybridized carbons (Fsp3) is 0.938. The van der Waals surface area contributed by atoms with E-state index in [9.17, 15) is 5.26 Å². The van der Waals surface area contributed by atoms with Crippen LogP contribution in [0.4, 0.5) is 0 Å². The first kappa shape index (κ1) is 14.8. The quantitative estimate of drug-likeness (QED) is 0.695. The molecule has 2 aliphatic carbocycles. The lowest BCUT2D eigenvalue weighted by Crippen LogP contribution is -2.55. The van der Waals surface area contributed by atoms with E-state index in [-0.39, 0.29) is 5.54 Å². The van der Waals surface area contributed by atoms with Crippen molar-refractivity contribution in [1.29, 1.82) is 5.26 Å². The Hall–Kier alpha value is -0.590. The van der Waals surface area contributed by atoms with Crippen molar-refractivity contribution >= 4 is 0 Å². The Kier molecular flexibility index (Phi) is 5.24. The average Bonchev–Trinajstić information content (AvgIpc) is 3.21. The maximum Gasteiger partial charge on any atom is 0.122 e. The predicted molar refractivity (Wildman–Crippen MR) is 78.8 cm³/mol. The molecule has 0 bridgehead atoms. The smallest absolute Gasteiger partial charge is 0.122 e. The Balaban J connectivity index is 1.94. The first-order valence-electron chi connectivity index (χ1n) is 8.12. The second-order valence-corrected chi connectivity index (χ2v) is 6.41. The minimum atomic E-state index is -0.282. The van der Waals surface area contributed by atoms with Gasteiger partial charge in [-0.2, -0.15) is 5.26 Å². The number of nitriles is 1. The van der Waals surface area contributed by atoms with Gasteiger partial charge in [0.1, 0.15) is 5.54 Å². The fourth-order valence-electron chi connectivity index (χ4n) is 3.12. The highest BCUT2D eigenvalue weighted by Gasteiger charge is 2.46. The third kappa shape index (κ3) is 3.70. The van der Waals surface area contributed by atoms with Crippen LogP contribution >= 0.6 is 0 Å². The zero-order valence-corrected chi connectivity index (χ0v) is 12.6. The summed E-state index contributed by atoms with van der Waals surface area (Å²) < 4.78 is 0. The zero-order valence-electron chi connectivity index (χ0n) is 12.6. The first-order chi connectivity index (χ1) is 9.24. The molecule has 19 heavy (non-hydrogen) atoms. The molecule has 2 fully saturated rings. The van der Waals surface area contributed by atoms with Crippen LogP contribution in [-0.4, -0.2) is 36.6 Å². The van der Waals surface area contributed by atoms with Crippen LogP contribution < -0.4 is 5.32 Å². The molecule has 0 aromatic rings. The topological polar surface area (TPSA) is 39.1 Å². The number of rotatable bonds is 9. The Morgan fingerprint density at radius 3 is 2.42 bits per heavy atom. The van der Waals surface area contributed by atoms with Gasteiger partial charge in [-0.1, -0.05) is 20.3 Å². The van der Waals surface area contributed by atoms with Crippen LogP contribution in [0.25, 0.3) is 0 Å². The number of likely N-dealkylation sites (N-methyl/N-ethyl adjacent to an activating group) is 1. The van der Waals surface area contributed by atoms with E-state index < -0.39 is 0 Å². The van der Waals surface area contributed by atoms with Gasteiger partial charge in [0.05, 0.1) is 6.07 Å².